The largest absolute Gasteiger partial charge is 0.481 e. The van der Waals surface area contributed by atoms with Crippen molar-refractivity contribution in [2.45, 2.75) is 161 Å². The topological polar surface area (TPSA) is 72.8 Å². The molecule has 5 nitrogen and oxygen atoms in total. The van der Waals surface area contributed by atoms with E-state index in [1.165, 1.54) is 70.6 Å². The number of unbranched alkanes of at least 4 members (excludes halogenated alkanes) is 14. The fraction of sp³-hybridized carbons (Fsp3) is 0.758. The van der Waals surface area contributed by atoms with Crippen LogP contribution in [-0.2, 0) is 25.7 Å². The zero-order chi connectivity index (χ0) is 27.7. The van der Waals surface area contributed by atoms with Gasteiger partial charge >= 0.3 is 11.9 Å². The summed E-state index contributed by atoms with van der Waals surface area (Å²) in [5, 5.41) is 9.34. The summed E-state index contributed by atoms with van der Waals surface area (Å²) in [7, 11) is 0. The number of hydrogen-bond acceptors (Lipinski definition) is 4. The first kappa shape index (κ1) is 34.1. The van der Waals surface area contributed by atoms with Crippen molar-refractivity contribution < 1.29 is 24.2 Å². The summed E-state index contributed by atoms with van der Waals surface area (Å²) in [4.78, 5) is 24.2. The molecule has 0 radical (unpaired) electrons. The Morgan fingerprint density at radius 3 is 1.63 bits per heavy atom. The van der Waals surface area contributed by atoms with Crippen molar-refractivity contribution in [2.75, 3.05) is 0 Å². The smallest absolute Gasteiger partial charge is 0.308 e. The van der Waals surface area contributed by atoms with Crippen molar-refractivity contribution >= 4 is 11.9 Å². The molecule has 218 valence electrons. The molecule has 0 saturated carbocycles. The minimum atomic E-state index is -0.918. The third-order valence-electron chi connectivity index (χ3n) is 7.18. The van der Waals surface area contributed by atoms with Gasteiger partial charge in [0, 0.05) is 0 Å². The van der Waals surface area contributed by atoms with Crippen molar-refractivity contribution in [1.82, 2.24) is 0 Å². The summed E-state index contributed by atoms with van der Waals surface area (Å²) >= 11 is 0. The lowest BCUT2D eigenvalue weighted by molar-refractivity contribution is -0.156. The number of esters is 1. The van der Waals surface area contributed by atoms with E-state index >= 15 is 0 Å². The van der Waals surface area contributed by atoms with Crippen LogP contribution in [0.25, 0.3) is 0 Å². The highest BCUT2D eigenvalue weighted by Gasteiger charge is 2.21. The highest BCUT2D eigenvalue weighted by atomic mass is 16.5. The zero-order valence-electron chi connectivity index (χ0n) is 24.5. The van der Waals surface area contributed by atoms with Gasteiger partial charge in [-0.2, -0.15) is 0 Å². The molecule has 0 unspecified atom stereocenters. The quantitative estimate of drug-likeness (QED) is 0.0950. The maximum Gasteiger partial charge on any atom is 0.308 e. The van der Waals surface area contributed by atoms with E-state index in [2.05, 4.69) is 13.8 Å². The van der Waals surface area contributed by atoms with Crippen LogP contribution >= 0.6 is 0 Å². The minimum absolute atomic E-state index is 0.129. The van der Waals surface area contributed by atoms with Gasteiger partial charge in [0.2, 0.25) is 0 Å². The first-order valence-corrected chi connectivity index (χ1v) is 15.6. The zero-order valence-corrected chi connectivity index (χ0v) is 24.5. The van der Waals surface area contributed by atoms with Crippen LogP contribution in [0.3, 0.4) is 0 Å². The Kier molecular flexibility index (Phi) is 21.7. The van der Waals surface area contributed by atoms with Crippen molar-refractivity contribution in [1.29, 1.82) is 0 Å². The molecule has 0 amide bonds. The average molecular weight is 533 g/mol. The van der Waals surface area contributed by atoms with E-state index in [4.69, 9.17) is 9.47 Å². The number of carboxylic acids is 1. The van der Waals surface area contributed by atoms with E-state index in [0.29, 0.717) is 13.0 Å². The number of carbonyl (C=O) groups is 2. The van der Waals surface area contributed by atoms with Crippen LogP contribution in [-0.4, -0.2) is 29.3 Å². The van der Waals surface area contributed by atoms with E-state index in [1.54, 1.807) is 0 Å². The maximum absolute atomic E-state index is 12.8. The van der Waals surface area contributed by atoms with Gasteiger partial charge in [-0.1, -0.05) is 140 Å². The lowest BCUT2D eigenvalue weighted by atomic mass is 10.0. The number of benzene rings is 1. The SMILES string of the molecule is CCCCCCCCCCC[C@H](CC(=O)O)OC(=O)C[C@@H](CCCCCCCCC)OCc1ccccc1. The number of carbonyl (C=O) groups excluding carboxylic acids is 1. The Bertz CT molecular complexity index is 690. The Balaban J connectivity index is 2.46. The monoisotopic (exact) mass is 532 g/mol. The average Bonchev–Trinajstić information content (AvgIpc) is 2.90. The number of carboxylic acid groups (broad SMARTS) is 1. The number of aliphatic carboxylic acids is 1. The molecule has 0 aliphatic carbocycles. The Morgan fingerprint density at radius 1 is 0.658 bits per heavy atom. The lowest BCUT2D eigenvalue weighted by Gasteiger charge is -2.20. The fourth-order valence-electron chi connectivity index (χ4n) is 4.86. The van der Waals surface area contributed by atoms with Crippen LogP contribution in [0, 0.1) is 0 Å². The van der Waals surface area contributed by atoms with E-state index in [-0.39, 0.29) is 24.9 Å². The van der Waals surface area contributed by atoms with Crippen LogP contribution in [0.5, 0.6) is 0 Å². The first-order chi connectivity index (χ1) is 18.5. The third-order valence-corrected chi connectivity index (χ3v) is 7.18. The molecule has 0 saturated heterocycles. The molecule has 0 fully saturated rings. The normalized spacial score (nSPS) is 12.8. The molecule has 0 heterocycles. The molecule has 0 bridgehead atoms. The maximum atomic E-state index is 12.8. The molecular weight excluding hydrogens is 476 g/mol. The van der Waals surface area contributed by atoms with Gasteiger partial charge in [-0.3, -0.25) is 9.59 Å². The van der Waals surface area contributed by atoms with Crippen molar-refractivity contribution in [2.24, 2.45) is 0 Å². The predicted molar refractivity (Wildman–Crippen MR) is 156 cm³/mol. The molecule has 1 rings (SSSR count). The first-order valence-electron chi connectivity index (χ1n) is 15.6. The van der Waals surface area contributed by atoms with Crippen LogP contribution in [0.15, 0.2) is 30.3 Å². The van der Waals surface area contributed by atoms with Gasteiger partial charge in [0.05, 0.1) is 25.6 Å². The molecule has 1 aromatic carbocycles. The second kappa shape index (κ2) is 24.2. The summed E-state index contributed by atoms with van der Waals surface area (Å²) < 4.78 is 11.8. The van der Waals surface area contributed by atoms with Gasteiger partial charge in [0.25, 0.3) is 0 Å². The number of rotatable bonds is 26. The van der Waals surface area contributed by atoms with Gasteiger partial charge in [-0.25, -0.2) is 0 Å². The molecule has 0 aromatic heterocycles. The molecule has 1 aromatic rings. The highest BCUT2D eigenvalue weighted by molar-refractivity contribution is 5.72. The predicted octanol–water partition coefficient (Wildman–Crippen LogP) is 9.41. The van der Waals surface area contributed by atoms with Gasteiger partial charge in [0.1, 0.15) is 6.10 Å². The Labute approximate surface area is 233 Å². The van der Waals surface area contributed by atoms with Gasteiger partial charge < -0.3 is 14.6 Å². The van der Waals surface area contributed by atoms with Gasteiger partial charge in [-0.15, -0.1) is 0 Å². The third kappa shape index (κ3) is 20.1. The molecular formula is C33H56O5. The van der Waals surface area contributed by atoms with E-state index in [9.17, 15) is 14.7 Å². The molecule has 0 spiro atoms. The fourth-order valence-corrected chi connectivity index (χ4v) is 4.86. The summed E-state index contributed by atoms with van der Waals surface area (Å²) in [6.45, 7) is 4.92. The molecule has 1 N–H and O–H groups in total. The van der Waals surface area contributed by atoms with E-state index < -0.39 is 12.1 Å². The van der Waals surface area contributed by atoms with Crippen LogP contribution in [0.1, 0.15) is 148 Å². The molecule has 2 atom stereocenters. The summed E-state index contributed by atoms with van der Waals surface area (Å²) in [6, 6.07) is 10.0. The number of hydrogen-bond donors (Lipinski definition) is 1. The summed E-state index contributed by atoms with van der Waals surface area (Å²) in [5.74, 6) is -1.26. The second-order valence-electron chi connectivity index (χ2n) is 10.9. The lowest BCUT2D eigenvalue weighted by Crippen LogP contribution is -2.25. The molecule has 5 heteroatoms. The van der Waals surface area contributed by atoms with Crippen LogP contribution < -0.4 is 0 Å². The minimum Gasteiger partial charge on any atom is -0.481 e. The highest BCUT2D eigenvalue weighted by Crippen LogP contribution is 2.19. The van der Waals surface area contributed by atoms with Crippen molar-refractivity contribution in [3.63, 3.8) is 0 Å². The van der Waals surface area contributed by atoms with Gasteiger partial charge in [0.15, 0.2) is 0 Å². The van der Waals surface area contributed by atoms with Crippen LogP contribution in [0.4, 0.5) is 0 Å². The molecule has 38 heavy (non-hydrogen) atoms. The van der Waals surface area contributed by atoms with Crippen molar-refractivity contribution in [3.8, 4) is 0 Å². The summed E-state index contributed by atoms with van der Waals surface area (Å²) in [5.41, 5.74) is 1.08. The molecule has 0 aliphatic heterocycles. The standard InChI is InChI=1S/C33H56O5/c1-3-5-7-9-11-12-14-16-21-25-31(26-32(34)35)38-33(36)27-30(24-20-15-13-10-8-6-4-2)37-28-29-22-18-17-19-23-29/h17-19,22-23,30-31H,3-16,20-21,24-28H2,1-2H3,(H,34,35)/t30-,31-/m1/s1. The van der Waals surface area contributed by atoms with Gasteiger partial charge in [-0.05, 0) is 24.8 Å². The van der Waals surface area contributed by atoms with Crippen LogP contribution in [0.2, 0.25) is 0 Å². The van der Waals surface area contributed by atoms with Crippen molar-refractivity contribution in [3.05, 3.63) is 35.9 Å². The summed E-state index contributed by atoms with van der Waals surface area (Å²) in [6.07, 6.45) is 20.0. The van der Waals surface area contributed by atoms with E-state index in [0.717, 1.165) is 44.1 Å². The Morgan fingerprint density at radius 2 is 1.13 bits per heavy atom. The second-order valence-corrected chi connectivity index (χ2v) is 10.9. The van der Waals surface area contributed by atoms with E-state index in [1.807, 2.05) is 30.3 Å². The Hall–Kier alpha value is -1.88. The molecule has 0 aliphatic rings. The number of ether oxygens (including phenoxy) is 2.